The van der Waals surface area contributed by atoms with Crippen LogP contribution in [0, 0.1) is 0 Å². The van der Waals surface area contributed by atoms with Crippen molar-refractivity contribution in [3.63, 3.8) is 0 Å². The summed E-state index contributed by atoms with van der Waals surface area (Å²) in [7, 11) is 0. The zero-order valence-corrected chi connectivity index (χ0v) is 45.1. The molecule has 14 nitrogen and oxygen atoms in total. The lowest BCUT2D eigenvalue weighted by Crippen LogP contribution is -2.65. The minimum atomic E-state index is -1.78. The van der Waals surface area contributed by atoms with E-state index in [9.17, 15) is 45.6 Å². The topological polar surface area (TPSA) is 228 Å². The molecule has 2 aliphatic rings. The Morgan fingerprint density at radius 1 is 0.507 bits per heavy atom. The molecule has 14 heteroatoms. The van der Waals surface area contributed by atoms with Crippen LogP contribution >= 0.6 is 0 Å². The second-order valence-electron chi connectivity index (χ2n) is 20.0. The van der Waals surface area contributed by atoms with Gasteiger partial charge in [-0.1, -0.05) is 202 Å². The third-order valence-corrected chi connectivity index (χ3v) is 13.7. The van der Waals surface area contributed by atoms with Crippen LogP contribution < -0.4 is 5.32 Å². The summed E-state index contributed by atoms with van der Waals surface area (Å²) in [5.41, 5.74) is 0. The maximum Gasteiger partial charge on any atom is 0.220 e. The number of carbonyl (C=O) groups is 1. The number of ether oxygens (including phenoxy) is 4. The number of rotatable bonds is 44. The lowest BCUT2D eigenvalue weighted by atomic mass is 9.97. The van der Waals surface area contributed by atoms with Gasteiger partial charge in [-0.25, -0.2) is 0 Å². The third kappa shape index (κ3) is 30.7. The molecule has 0 aromatic heterocycles. The van der Waals surface area contributed by atoms with E-state index in [2.05, 4.69) is 92.1 Å². The summed E-state index contributed by atoms with van der Waals surface area (Å²) >= 11 is 0. The van der Waals surface area contributed by atoms with Gasteiger partial charge in [0.25, 0.3) is 0 Å². The van der Waals surface area contributed by atoms with Gasteiger partial charge in [-0.3, -0.25) is 4.79 Å². The largest absolute Gasteiger partial charge is 0.394 e. The number of unbranched alkanes of at least 4 members (excludes halogenated alkanes) is 19. The van der Waals surface area contributed by atoms with Crippen LogP contribution in [-0.2, 0) is 23.7 Å². The number of allylic oxidation sites excluding steroid dienone is 12. The summed E-state index contributed by atoms with van der Waals surface area (Å²) in [6, 6.07) is -0.830. The number of amides is 1. The molecule has 0 saturated carbocycles. The summed E-state index contributed by atoms with van der Waals surface area (Å²) < 4.78 is 22.7. The van der Waals surface area contributed by atoms with E-state index < -0.39 is 86.8 Å². The Labute approximate surface area is 440 Å². The zero-order chi connectivity index (χ0) is 53.2. The van der Waals surface area contributed by atoms with Crippen LogP contribution in [-0.4, -0.2) is 140 Å². The van der Waals surface area contributed by atoms with Crippen molar-refractivity contribution in [2.45, 2.75) is 274 Å². The highest BCUT2D eigenvalue weighted by Crippen LogP contribution is 2.30. The Hall–Kier alpha value is -2.57. The van der Waals surface area contributed by atoms with Crippen molar-refractivity contribution >= 4 is 5.91 Å². The van der Waals surface area contributed by atoms with Crippen molar-refractivity contribution in [3.8, 4) is 0 Å². The molecular formula is C59H103NO13. The molecule has 422 valence electrons. The molecule has 2 fully saturated rings. The van der Waals surface area contributed by atoms with E-state index in [1.54, 1.807) is 0 Å². The first kappa shape index (κ1) is 66.5. The summed E-state index contributed by atoms with van der Waals surface area (Å²) in [6.07, 6.45) is 40.8. The first-order valence-electron chi connectivity index (χ1n) is 28.7. The van der Waals surface area contributed by atoms with Gasteiger partial charge < -0.3 is 65.1 Å². The predicted molar refractivity (Wildman–Crippen MR) is 290 cm³/mol. The van der Waals surface area contributed by atoms with Crippen molar-refractivity contribution in [2.75, 3.05) is 19.8 Å². The van der Waals surface area contributed by atoms with Gasteiger partial charge in [-0.2, -0.15) is 0 Å². The first-order chi connectivity index (χ1) is 35.6. The van der Waals surface area contributed by atoms with Crippen LogP contribution in [0.2, 0.25) is 0 Å². The fourth-order valence-electron chi connectivity index (χ4n) is 9.06. The second kappa shape index (κ2) is 44.5. The molecule has 2 heterocycles. The van der Waals surface area contributed by atoms with E-state index in [1.165, 1.54) is 77.0 Å². The van der Waals surface area contributed by atoms with Gasteiger partial charge in [-0.15, -0.1) is 0 Å². The van der Waals surface area contributed by atoms with E-state index in [-0.39, 0.29) is 12.5 Å². The number of carbonyl (C=O) groups excluding carboxylic acids is 1. The lowest BCUT2D eigenvalue weighted by molar-refractivity contribution is -0.359. The second-order valence-corrected chi connectivity index (χ2v) is 20.0. The SMILES string of the molecule is CC/C=C\C/C=C\C/C=C\C/C=C\C/C=C\C/C=C\CCCCCCCCCCCCCCC(=O)NC(COC1OC(CO)C(OC2OC(CO)C(O)C(O)C2O)C(O)C1O)C(O)CCCCCCCCCC. The standard InChI is InChI=1S/C59H103NO13/c1-3-5-7-9-11-13-14-15-16-17-18-19-20-21-22-23-24-25-26-27-28-29-30-31-32-33-34-35-37-39-41-43-51(64)60-47(48(63)42-40-38-36-12-10-8-6-4-2)46-70-58-56(69)54(67)57(50(45-62)72-58)73-59-55(68)53(66)52(65)49(44-61)71-59/h5,7,11,13,15-16,18-19,21-22,24-25,47-50,52-59,61-63,65-69H,3-4,6,8-10,12,14,17,20,23,26-46H2,1-2H3,(H,60,64)/b7-5-,13-11-,16-15-,19-18-,22-21-,25-24-. The van der Waals surface area contributed by atoms with E-state index in [1.807, 2.05) is 0 Å². The summed E-state index contributed by atoms with van der Waals surface area (Å²) in [4.78, 5) is 13.2. The fraction of sp³-hybridized carbons (Fsp3) is 0.780. The Bertz CT molecular complexity index is 1500. The summed E-state index contributed by atoms with van der Waals surface area (Å²) in [5.74, 6) is -0.215. The molecule has 9 N–H and O–H groups in total. The fourth-order valence-corrected chi connectivity index (χ4v) is 9.06. The Kier molecular flexibility index (Phi) is 40.6. The average molecular weight is 1030 g/mol. The van der Waals surface area contributed by atoms with Crippen molar-refractivity contribution in [2.24, 2.45) is 0 Å². The monoisotopic (exact) mass is 1030 g/mol. The summed E-state index contributed by atoms with van der Waals surface area (Å²) in [6.45, 7) is 2.69. The average Bonchev–Trinajstić information content (AvgIpc) is 3.39. The van der Waals surface area contributed by atoms with Crippen molar-refractivity contribution in [1.29, 1.82) is 0 Å². The molecule has 2 rings (SSSR count). The molecule has 0 aromatic rings. The summed E-state index contributed by atoms with van der Waals surface area (Å²) in [5, 5.41) is 86.8. The first-order valence-corrected chi connectivity index (χ1v) is 28.7. The van der Waals surface area contributed by atoms with Crippen LogP contribution in [0.1, 0.15) is 200 Å². The molecule has 0 spiro atoms. The van der Waals surface area contributed by atoms with Gasteiger partial charge in [0, 0.05) is 6.42 Å². The van der Waals surface area contributed by atoms with Crippen LogP contribution in [0.25, 0.3) is 0 Å². The van der Waals surface area contributed by atoms with Crippen molar-refractivity contribution < 1.29 is 64.6 Å². The maximum absolute atomic E-state index is 13.2. The highest BCUT2D eigenvalue weighted by molar-refractivity contribution is 5.76. The number of nitrogens with one attached hydrogen (secondary N) is 1. The zero-order valence-electron chi connectivity index (χ0n) is 45.1. The molecule has 0 radical (unpaired) electrons. The molecule has 73 heavy (non-hydrogen) atoms. The molecule has 12 atom stereocenters. The normalized spacial score (nSPS) is 25.9. The van der Waals surface area contributed by atoms with Gasteiger partial charge >= 0.3 is 0 Å². The minimum absolute atomic E-state index is 0.215. The van der Waals surface area contributed by atoms with Crippen LogP contribution in [0.3, 0.4) is 0 Å². The Morgan fingerprint density at radius 3 is 1.45 bits per heavy atom. The van der Waals surface area contributed by atoms with Gasteiger partial charge in [0.15, 0.2) is 12.6 Å². The van der Waals surface area contributed by atoms with Gasteiger partial charge in [0.1, 0.15) is 48.8 Å². The molecule has 1 amide bonds. The minimum Gasteiger partial charge on any atom is -0.394 e. The molecular weight excluding hydrogens is 931 g/mol. The molecule has 0 aliphatic carbocycles. The van der Waals surface area contributed by atoms with Crippen LogP contribution in [0.4, 0.5) is 0 Å². The number of hydrogen-bond donors (Lipinski definition) is 9. The number of aliphatic hydroxyl groups excluding tert-OH is 8. The van der Waals surface area contributed by atoms with Gasteiger partial charge in [0.05, 0.1) is 32.0 Å². The van der Waals surface area contributed by atoms with E-state index in [0.29, 0.717) is 12.8 Å². The highest BCUT2D eigenvalue weighted by Gasteiger charge is 2.51. The Morgan fingerprint density at radius 2 is 0.945 bits per heavy atom. The molecule has 12 unspecified atom stereocenters. The molecule has 2 aliphatic heterocycles. The van der Waals surface area contributed by atoms with Crippen molar-refractivity contribution in [3.05, 3.63) is 72.9 Å². The third-order valence-electron chi connectivity index (χ3n) is 13.7. The number of aliphatic hydroxyl groups is 8. The van der Waals surface area contributed by atoms with Gasteiger partial charge in [0.2, 0.25) is 5.91 Å². The number of hydrogen-bond acceptors (Lipinski definition) is 13. The van der Waals surface area contributed by atoms with Crippen molar-refractivity contribution in [1.82, 2.24) is 5.32 Å². The van der Waals surface area contributed by atoms with E-state index >= 15 is 0 Å². The molecule has 0 aromatic carbocycles. The molecule has 0 bridgehead atoms. The lowest BCUT2D eigenvalue weighted by Gasteiger charge is -2.46. The maximum atomic E-state index is 13.2. The van der Waals surface area contributed by atoms with E-state index in [0.717, 1.165) is 96.3 Å². The van der Waals surface area contributed by atoms with E-state index in [4.69, 9.17) is 18.9 Å². The van der Waals surface area contributed by atoms with Crippen LogP contribution in [0.15, 0.2) is 72.9 Å². The predicted octanol–water partition coefficient (Wildman–Crippen LogP) is 9.16. The highest BCUT2D eigenvalue weighted by atomic mass is 16.7. The smallest absolute Gasteiger partial charge is 0.220 e. The quantitative estimate of drug-likeness (QED) is 0.0205. The Balaban J connectivity index is 1.63. The van der Waals surface area contributed by atoms with Crippen LogP contribution in [0.5, 0.6) is 0 Å². The molecule has 2 saturated heterocycles. The van der Waals surface area contributed by atoms with Gasteiger partial charge in [-0.05, 0) is 64.2 Å².